The standard InChI is InChI=1S/C27H28ClF3N6O4/c1-26(2,39)41-10-4-9-40-22-14-32-21(13-33-22)34-25(38)37-18-7-8-36(15-18)20-12-19(28)23(35-24(20)37)16-5-3-6-17(11-16)27(29,30)31/h3,5-6,11-14,18,39H,4,7-10,15H2,1-2H3,(H,32,34,38). The van der Waals surface area contributed by atoms with Crippen LogP contribution in [0.3, 0.4) is 0 Å². The molecule has 1 atom stereocenters. The number of ether oxygens (including phenoxy) is 2. The van der Waals surface area contributed by atoms with Gasteiger partial charge in [0.05, 0.1) is 53.6 Å². The Labute approximate surface area is 239 Å². The molecular weight excluding hydrogens is 565 g/mol. The predicted octanol–water partition coefficient (Wildman–Crippen LogP) is 5.36. The highest BCUT2D eigenvalue weighted by atomic mass is 35.5. The van der Waals surface area contributed by atoms with E-state index in [0.29, 0.717) is 50.7 Å². The summed E-state index contributed by atoms with van der Waals surface area (Å²) in [5.41, 5.74) is 0.135. The van der Waals surface area contributed by atoms with Gasteiger partial charge in [-0.1, -0.05) is 23.7 Å². The Hall–Kier alpha value is -3.68. The van der Waals surface area contributed by atoms with Crippen molar-refractivity contribution in [1.82, 2.24) is 15.0 Å². The number of alkyl halides is 3. The second-order valence-electron chi connectivity index (χ2n) is 10.2. The Morgan fingerprint density at radius 1 is 1.20 bits per heavy atom. The molecule has 1 fully saturated rings. The molecule has 2 aliphatic rings. The number of nitrogens with one attached hydrogen (secondary N) is 1. The molecule has 3 aromatic rings. The maximum absolute atomic E-state index is 13.5. The van der Waals surface area contributed by atoms with Crippen LogP contribution >= 0.6 is 11.6 Å². The van der Waals surface area contributed by atoms with E-state index in [4.69, 9.17) is 21.1 Å². The number of aromatic nitrogens is 3. The lowest BCUT2D eigenvalue weighted by Crippen LogP contribution is -2.48. The van der Waals surface area contributed by atoms with E-state index in [2.05, 4.69) is 25.2 Å². The van der Waals surface area contributed by atoms with Crippen LogP contribution in [0.4, 0.5) is 35.3 Å². The Kier molecular flexibility index (Phi) is 7.95. The van der Waals surface area contributed by atoms with Crippen LogP contribution in [0.5, 0.6) is 5.88 Å². The molecule has 0 radical (unpaired) electrons. The van der Waals surface area contributed by atoms with Gasteiger partial charge >= 0.3 is 12.2 Å². The molecule has 4 heterocycles. The Morgan fingerprint density at radius 2 is 2.00 bits per heavy atom. The number of benzene rings is 1. The molecule has 218 valence electrons. The number of carbonyl (C=O) groups excluding carboxylic acids is 1. The van der Waals surface area contributed by atoms with Crippen LogP contribution in [0.2, 0.25) is 5.02 Å². The molecule has 2 N–H and O–H groups in total. The lowest BCUT2D eigenvalue weighted by atomic mass is 10.1. The molecule has 14 heteroatoms. The number of hydrogen-bond acceptors (Lipinski definition) is 8. The van der Waals surface area contributed by atoms with Crippen molar-refractivity contribution in [3.05, 3.63) is 53.3 Å². The van der Waals surface area contributed by atoms with Gasteiger partial charge < -0.3 is 19.5 Å². The number of halogens is 4. The number of pyridine rings is 1. The molecule has 2 bridgehead atoms. The molecule has 0 spiro atoms. The summed E-state index contributed by atoms with van der Waals surface area (Å²) in [4.78, 5) is 30.0. The van der Waals surface area contributed by atoms with Crippen LogP contribution in [-0.4, -0.2) is 64.2 Å². The van der Waals surface area contributed by atoms with E-state index >= 15 is 0 Å². The number of aliphatic hydroxyl groups is 1. The van der Waals surface area contributed by atoms with Gasteiger partial charge in [0.25, 0.3) is 0 Å². The minimum atomic E-state index is -4.53. The van der Waals surface area contributed by atoms with Gasteiger partial charge in [-0.25, -0.2) is 19.7 Å². The highest BCUT2D eigenvalue weighted by Gasteiger charge is 2.41. The quantitative estimate of drug-likeness (QED) is 0.266. The molecule has 10 nitrogen and oxygen atoms in total. The first-order valence-corrected chi connectivity index (χ1v) is 13.3. The molecule has 0 saturated carbocycles. The Bertz CT molecular complexity index is 1420. The highest BCUT2D eigenvalue weighted by Crippen LogP contribution is 2.43. The number of nitrogens with zero attached hydrogens (tertiary/aromatic N) is 5. The number of hydrogen-bond donors (Lipinski definition) is 2. The average molecular weight is 593 g/mol. The van der Waals surface area contributed by atoms with Gasteiger partial charge in [-0.15, -0.1) is 0 Å². The maximum Gasteiger partial charge on any atom is 0.416 e. The van der Waals surface area contributed by atoms with Crippen molar-refractivity contribution in [1.29, 1.82) is 0 Å². The fourth-order valence-electron chi connectivity index (χ4n) is 4.71. The fourth-order valence-corrected chi connectivity index (χ4v) is 4.97. The summed E-state index contributed by atoms with van der Waals surface area (Å²) in [5.74, 6) is -0.480. The van der Waals surface area contributed by atoms with Crippen molar-refractivity contribution < 1.29 is 32.5 Å². The van der Waals surface area contributed by atoms with Crippen LogP contribution in [0, 0.1) is 0 Å². The monoisotopic (exact) mass is 592 g/mol. The molecule has 1 unspecified atom stereocenters. The molecule has 2 aromatic heterocycles. The molecule has 0 aliphatic carbocycles. The van der Waals surface area contributed by atoms with Crippen LogP contribution in [0.1, 0.15) is 32.3 Å². The summed E-state index contributed by atoms with van der Waals surface area (Å²) in [5, 5.41) is 12.5. The molecule has 2 amide bonds. The number of amides is 2. The van der Waals surface area contributed by atoms with Gasteiger partial charge in [0.15, 0.2) is 17.4 Å². The lowest BCUT2D eigenvalue weighted by molar-refractivity contribution is -0.176. The highest BCUT2D eigenvalue weighted by molar-refractivity contribution is 6.33. The number of anilines is 3. The summed E-state index contributed by atoms with van der Waals surface area (Å²) >= 11 is 6.51. The second-order valence-corrected chi connectivity index (χ2v) is 10.6. The van der Waals surface area contributed by atoms with Gasteiger partial charge in [0.2, 0.25) is 5.88 Å². The third kappa shape index (κ3) is 6.63. The Balaban J connectivity index is 1.32. The van der Waals surface area contributed by atoms with E-state index in [1.807, 2.05) is 0 Å². The molecule has 41 heavy (non-hydrogen) atoms. The first kappa shape index (κ1) is 28.8. The molecule has 1 saturated heterocycles. The van der Waals surface area contributed by atoms with Gasteiger partial charge in [0, 0.05) is 25.1 Å². The predicted molar refractivity (Wildman–Crippen MR) is 146 cm³/mol. The third-order valence-corrected chi connectivity index (χ3v) is 6.86. The van der Waals surface area contributed by atoms with Crippen LogP contribution in [-0.2, 0) is 10.9 Å². The number of urea groups is 1. The van der Waals surface area contributed by atoms with E-state index < -0.39 is 23.6 Å². The summed E-state index contributed by atoms with van der Waals surface area (Å²) in [6, 6.07) is 5.69. The zero-order valence-electron chi connectivity index (χ0n) is 22.3. The van der Waals surface area contributed by atoms with Gasteiger partial charge in [-0.3, -0.25) is 10.2 Å². The summed E-state index contributed by atoms with van der Waals surface area (Å²) in [6.45, 7) is 4.92. The van der Waals surface area contributed by atoms with E-state index in [1.54, 1.807) is 6.07 Å². The molecule has 1 aromatic carbocycles. The fraction of sp³-hybridized carbons (Fsp3) is 0.407. The van der Waals surface area contributed by atoms with E-state index in [-0.39, 0.29) is 34.0 Å². The van der Waals surface area contributed by atoms with Gasteiger partial charge in [0.1, 0.15) is 0 Å². The van der Waals surface area contributed by atoms with Crippen LogP contribution in [0.15, 0.2) is 42.7 Å². The summed E-state index contributed by atoms with van der Waals surface area (Å²) in [7, 11) is 0. The molecular formula is C27H28ClF3N6O4. The zero-order chi connectivity index (χ0) is 29.4. The summed E-state index contributed by atoms with van der Waals surface area (Å²) in [6.07, 6.45) is -0.597. The largest absolute Gasteiger partial charge is 0.476 e. The number of carbonyl (C=O) groups is 1. The first-order valence-electron chi connectivity index (χ1n) is 12.9. The van der Waals surface area contributed by atoms with Crippen molar-refractivity contribution in [3.8, 4) is 17.1 Å². The zero-order valence-corrected chi connectivity index (χ0v) is 23.0. The van der Waals surface area contributed by atoms with Crippen molar-refractivity contribution in [2.45, 2.75) is 44.7 Å². The van der Waals surface area contributed by atoms with Gasteiger partial charge in [-0.2, -0.15) is 13.2 Å². The lowest BCUT2D eigenvalue weighted by Gasteiger charge is -2.36. The van der Waals surface area contributed by atoms with E-state index in [9.17, 15) is 23.1 Å². The van der Waals surface area contributed by atoms with Crippen molar-refractivity contribution in [2.75, 3.05) is 41.4 Å². The van der Waals surface area contributed by atoms with Crippen LogP contribution in [0.25, 0.3) is 11.3 Å². The third-order valence-electron chi connectivity index (χ3n) is 6.57. The topological polar surface area (TPSA) is 113 Å². The minimum Gasteiger partial charge on any atom is -0.476 e. The van der Waals surface area contributed by atoms with Crippen molar-refractivity contribution in [3.63, 3.8) is 0 Å². The minimum absolute atomic E-state index is 0.145. The first-order chi connectivity index (χ1) is 19.4. The number of rotatable bonds is 8. The SMILES string of the molecule is CC(C)(O)OCCCOc1cnc(NC(=O)N2c3nc(-c4cccc(C(F)(F)F)c4)c(Cl)cc3N3CCC2C3)cn1. The second kappa shape index (κ2) is 11.3. The van der Waals surface area contributed by atoms with E-state index in [1.165, 1.54) is 43.3 Å². The smallest absolute Gasteiger partial charge is 0.416 e. The molecule has 5 rings (SSSR count). The van der Waals surface area contributed by atoms with Crippen LogP contribution < -0.4 is 19.9 Å². The van der Waals surface area contributed by atoms with E-state index in [0.717, 1.165) is 12.1 Å². The normalized spacial score (nSPS) is 16.5. The van der Waals surface area contributed by atoms with Crippen molar-refractivity contribution in [2.24, 2.45) is 0 Å². The average Bonchev–Trinajstić information content (AvgIpc) is 3.33. The summed E-state index contributed by atoms with van der Waals surface area (Å²) < 4.78 is 50.8. The van der Waals surface area contributed by atoms with Crippen molar-refractivity contribution >= 4 is 35.0 Å². The number of fused-ring (bicyclic) bond motifs is 4. The molecule has 2 aliphatic heterocycles. The Morgan fingerprint density at radius 3 is 2.71 bits per heavy atom. The maximum atomic E-state index is 13.5. The van der Waals surface area contributed by atoms with Gasteiger partial charge in [-0.05, 0) is 38.5 Å².